The topological polar surface area (TPSA) is 55.1 Å². The van der Waals surface area contributed by atoms with Crippen molar-refractivity contribution in [3.63, 3.8) is 0 Å². The summed E-state index contributed by atoms with van der Waals surface area (Å²) in [5, 5.41) is 3.08. The van der Waals surface area contributed by atoms with E-state index in [9.17, 15) is 4.79 Å². The van der Waals surface area contributed by atoms with E-state index in [1.807, 2.05) is 18.2 Å². The fourth-order valence-corrected chi connectivity index (χ4v) is 2.57. The van der Waals surface area contributed by atoms with E-state index in [-0.39, 0.29) is 16.9 Å². The highest BCUT2D eigenvalue weighted by Gasteiger charge is 2.49. The van der Waals surface area contributed by atoms with E-state index in [1.165, 1.54) is 5.56 Å². The van der Waals surface area contributed by atoms with Gasteiger partial charge in [0, 0.05) is 12.1 Å². The van der Waals surface area contributed by atoms with Gasteiger partial charge in [0.15, 0.2) is 0 Å². The molecular weight excluding hydrogens is 248 g/mol. The van der Waals surface area contributed by atoms with Gasteiger partial charge in [-0.15, -0.1) is 0 Å². The molecule has 110 valence electrons. The highest BCUT2D eigenvalue weighted by molar-refractivity contribution is 5.85. The standard InChI is InChI=1S/C17H26N2O/c1-3-17(18,4-2)13-19-15(20)16(10-11-16)12-14-8-6-5-7-9-14/h5-9H,3-4,10-13,18H2,1-2H3,(H,19,20). The summed E-state index contributed by atoms with van der Waals surface area (Å²) < 4.78 is 0. The molecule has 1 amide bonds. The van der Waals surface area contributed by atoms with Crippen LogP contribution < -0.4 is 11.1 Å². The number of nitrogens with two attached hydrogens (primary N) is 1. The van der Waals surface area contributed by atoms with E-state index in [0.717, 1.165) is 32.1 Å². The van der Waals surface area contributed by atoms with Crippen molar-refractivity contribution in [2.24, 2.45) is 11.1 Å². The van der Waals surface area contributed by atoms with Gasteiger partial charge in [-0.2, -0.15) is 0 Å². The molecule has 20 heavy (non-hydrogen) atoms. The summed E-state index contributed by atoms with van der Waals surface area (Å²) in [6.45, 7) is 4.73. The first-order chi connectivity index (χ1) is 9.53. The van der Waals surface area contributed by atoms with E-state index in [1.54, 1.807) is 0 Å². The lowest BCUT2D eigenvalue weighted by Gasteiger charge is -2.28. The first-order valence-corrected chi connectivity index (χ1v) is 7.65. The summed E-state index contributed by atoms with van der Waals surface area (Å²) in [7, 11) is 0. The lowest BCUT2D eigenvalue weighted by atomic mass is 9.92. The van der Waals surface area contributed by atoms with Crippen LogP contribution in [0.3, 0.4) is 0 Å². The van der Waals surface area contributed by atoms with Crippen LogP contribution in [-0.4, -0.2) is 18.0 Å². The largest absolute Gasteiger partial charge is 0.354 e. The van der Waals surface area contributed by atoms with Crippen molar-refractivity contribution in [2.45, 2.75) is 51.5 Å². The third-order valence-corrected chi connectivity index (χ3v) is 4.73. The predicted molar refractivity (Wildman–Crippen MR) is 82.3 cm³/mol. The minimum Gasteiger partial charge on any atom is -0.354 e. The second-order valence-corrected chi connectivity index (χ2v) is 6.19. The number of hydrogen-bond donors (Lipinski definition) is 2. The Balaban J connectivity index is 1.92. The van der Waals surface area contributed by atoms with Crippen LogP contribution in [0.25, 0.3) is 0 Å². The monoisotopic (exact) mass is 274 g/mol. The minimum atomic E-state index is -0.265. The van der Waals surface area contributed by atoms with Gasteiger partial charge >= 0.3 is 0 Å². The molecular formula is C17H26N2O. The van der Waals surface area contributed by atoms with Crippen LogP contribution in [0.1, 0.15) is 45.1 Å². The molecule has 3 heteroatoms. The van der Waals surface area contributed by atoms with Crippen molar-refractivity contribution >= 4 is 5.91 Å². The van der Waals surface area contributed by atoms with Crippen molar-refractivity contribution in [1.82, 2.24) is 5.32 Å². The molecule has 1 aromatic carbocycles. The highest BCUT2D eigenvalue weighted by atomic mass is 16.2. The Morgan fingerprint density at radius 2 is 1.85 bits per heavy atom. The zero-order valence-corrected chi connectivity index (χ0v) is 12.6. The molecule has 0 bridgehead atoms. The molecule has 0 atom stereocenters. The number of hydrogen-bond acceptors (Lipinski definition) is 2. The number of benzene rings is 1. The lowest BCUT2D eigenvalue weighted by molar-refractivity contribution is -0.126. The quantitative estimate of drug-likeness (QED) is 0.803. The van der Waals surface area contributed by atoms with Crippen LogP contribution in [0.15, 0.2) is 30.3 Å². The Kier molecular flexibility index (Phi) is 4.48. The molecule has 0 heterocycles. The molecule has 3 N–H and O–H groups in total. The van der Waals surface area contributed by atoms with Crippen LogP contribution in [0.2, 0.25) is 0 Å². The number of nitrogens with one attached hydrogen (secondary N) is 1. The van der Waals surface area contributed by atoms with Crippen molar-refractivity contribution in [2.75, 3.05) is 6.54 Å². The van der Waals surface area contributed by atoms with Crippen LogP contribution in [0.5, 0.6) is 0 Å². The fraction of sp³-hybridized carbons (Fsp3) is 0.588. The molecule has 1 saturated carbocycles. The molecule has 0 saturated heterocycles. The van der Waals surface area contributed by atoms with Gasteiger partial charge < -0.3 is 11.1 Å². The molecule has 3 nitrogen and oxygen atoms in total. The van der Waals surface area contributed by atoms with Crippen molar-refractivity contribution in [3.05, 3.63) is 35.9 Å². The molecule has 1 aromatic rings. The number of carbonyl (C=O) groups excluding carboxylic acids is 1. The SMILES string of the molecule is CCC(N)(CC)CNC(=O)C1(Cc2ccccc2)CC1. The Hall–Kier alpha value is -1.35. The smallest absolute Gasteiger partial charge is 0.226 e. The predicted octanol–water partition coefficient (Wildman–Crippen LogP) is 2.64. The molecule has 0 unspecified atom stereocenters. The molecule has 0 spiro atoms. The third kappa shape index (κ3) is 3.40. The van der Waals surface area contributed by atoms with E-state index in [4.69, 9.17) is 5.73 Å². The van der Waals surface area contributed by atoms with E-state index in [2.05, 4.69) is 31.3 Å². The summed E-state index contributed by atoms with van der Waals surface area (Å²) in [6.07, 6.45) is 4.59. The Morgan fingerprint density at radius 1 is 1.25 bits per heavy atom. The molecule has 0 radical (unpaired) electrons. The van der Waals surface area contributed by atoms with E-state index < -0.39 is 0 Å². The third-order valence-electron chi connectivity index (χ3n) is 4.73. The number of amides is 1. The molecule has 0 aromatic heterocycles. The van der Waals surface area contributed by atoms with E-state index in [0.29, 0.717) is 6.54 Å². The first kappa shape index (κ1) is 15.0. The second kappa shape index (κ2) is 5.96. The molecule has 1 aliphatic rings. The summed E-state index contributed by atoms with van der Waals surface area (Å²) in [6, 6.07) is 10.3. The van der Waals surface area contributed by atoms with Gasteiger partial charge in [-0.1, -0.05) is 44.2 Å². The molecule has 2 rings (SSSR count). The summed E-state index contributed by atoms with van der Waals surface area (Å²) in [5.74, 6) is 0.179. The van der Waals surface area contributed by atoms with Crippen LogP contribution in [0, 0.1) is 5.41 Å². The van der Waals surface area contributed by atoms with Gasteiger partial charge in [-0.3, -0.25) is 4.79 Å². The highest BCUT2D eigenvalue weighted by Crippen LogP contribution is 2.48. The first-order valence-electron chi connectivity index (χ1n) is 7.65. The second-order valence-electron chi connectivity index (χ2n) is 6.19. The van der Waals surface area contributed by atoms with Crippen molar-refractivity contribution in [3.8, 4) is 0 Å². The summed E-state index contributed by atoms with van der Waals surface area (Å²) in [5.41, 5.74) is 7.05. The zero-order valence-electron chi connectivity index (χ0n) is 12.6. The summed E-state index contributed by atoms with van der Waals surface area (Å²) in [4.78, 5) is 12.4. The van der Waals surface area contributed by atoms with Crippen molar-refractivity contribution in [1.29, 1.82) is 0 Å². The van der Waals surface area contributed by atoms with Gasteiger partial charge in [0.1, 0.15) is 0 Å². The Labute approximate surface area is 121 Å². The van der Waals surface area contributed by atoms with Crippen molar-refractivity contribution < 1.29 is 4.79 Å². The maximum absolute atomic E-state index is 12.4. The van der Waals surface area contributed by atoms with Crippen LogP contribution in [-0.2, 0) is 11.2 Å². The minimum absolute atomic E-state index is 0.177. The summed E-state index contributed by atoms with van der Waals surface area (Å²) >= 11 is 0. The molecule has 0 aliphatic heterocycles. The lowest BCUT2D eigenvalue weighted by Crippen LogP contribution is -2.50. The average molecular weight is 274 g/mol. The van der Waals surface area contributed by atoms with Crippen LogP contribution >= 0.6 is 0 Å². The van der Waals surface area contributed by atoms with Gasteiger partial charge in [0.05, 0.1) is 5.41 Å². The fourth-order valence-electron chi connectivity index (χ4n) is 2.57. The van der Waals surface area contributed by atoms with Crippen LogP contribution in [0.4, 0.5) is 0 Å². The normalized spacial score (nSPS) is 16.8. The van der Waals surface area contributed by atoms with Gasteiger partial charge in [0.2, 0.25) is 5.91 Å². The van der Waals surface area contributed by atoms with Gasteiger partial charge in [-0.05, 0) is 37.7 Å². The maximum Gasteiger partial charge on any atom is 0.226 e. The van der Waals surface area contributed by atoms with Gasteiger partial charge in [-0.25, -0.2) is 0 Å². The van der Waals surface area contributed by atoms with E-state index >= 15 is 0 Å². The average Bonchev–Trinajstić information content (AvgIpc) is 3.26. The Bertz CT molecular complexity index is 447. The molecule has 1 aliphatic carbocycles. The number of carbonyl (C=O) groups is 1. The Morgan fingerprint density at radius 3 is 2.35 bits per heavy atom. The van der Waals surface area contributed by atoms with Gasteiger partial charge in [0.25, 0.3) is 0 Å². The maximum atomic E-state index is 12.4. The number of rotatable bonds is 7. The zero-order chi connectivity index (χ0) is 14.6. The molecule has 1 fully saturated rings.